The summed E-state index contributed by atoms with van der Waals surface area (Å²) in [4.78, 5) is 27.3. The molecule has 4 rings (SSSR count). The van der Waals surface area contributed by atoms with Crippen molar-refractivity contribution in [3.05, 3.63) is 96.8 Å². The number of aryl methyl sites for hydroxylation is 1. The van der Waals surface area contributed by atoms with Crippen molar-refractivity contribution in [1.82, 2.24) is 4.90 Å². The highest BCUT2D eigenvalue weighted by Crippen LogP contribution is 2.45. The largest absolute Gasteiger partial charge is 0.490 e. The van der Waals surface area contributed by atoms with E-state index < -0.39 is 0 Å². The smallest absolute Gasteiger partial charge is 0.293 e. The van der Waals surface area contributed by atoms with Crippen LogP contribution in [0.5, 0.6) is 11.5 Å². The van der Waals surface area contributed by atoms with Gasteiger partial charge in [-0.2, -0.15) is 0 Å². The molecule has 0 bridgehead atoms. The molecule has 3 aromatic carbocycles. The van der Waals surface area contributed by atoms with E-state index in [2.05, 4.69) is 31.9 Å². The molecule has 2 amide bonds. The number of carbonyl (C=O) groups excluding carboxylic acids is 2. The Morgan fingerprint density at radius 1 is 0.943 bits per heavy atom. The number of ether oxygens (including phenoxy) is 2. The molecule has 0 saturated carbocycles. The van der Waals surface area contributed by atoms with Gasteiger partial charge in [-0.15, -0.1) is 0 Å². The van der Waals surface area contributed by atoms with Crippen LogP contribution in [0.3, 0.4) is 0 Å². The van der Waals surface area contributed by atoms with Crippen molar-refractivity contribution in [2.45, 2.75) is 27.0 Å². The molecule has 1 fully saturated rings. The van der Waals surface area contributed by atoms with Gasteiger partial charge in [0.15, 0.2) is 11.5 Å². The second-order valence-corrected chi connectivity index (χ2v) is 10.5. The van der Waals surface area contributed by atoms with Crippen LogP contribution in [0.15, 0.2) is 74.5 Å². The molecule has 0 radical (unpaired) electrons. The second kappa shape index (κ2) is 11.5. The van der Waals surface area contributed by atoms with Gasteiger partial charge >= 0.3 is 0 Å². The molecule has 0 unspecified atom stereocenters. The third-order valence-corrected chi connectivity index (χ3v) is 8.35. The predicted molar refractivity (Wildman–Crippen MR) is 146 cm³/mol. The Kier molecular flexibility index (Phi) is 8.36. The number of carbonyl (C=O) groups is 2. The summed E-state index contributed by atoms with van der Waals surface area (Å²) in [6, 6.07) is 19.5. The summed E-state index contributed by atoms with van der Waals surface area (Å²) in [7, 11) is 0. The zero-order valence-corrected chi connectivity index (χ0v) is 23.2. The van der Waals surface area contributed by atoms with Gasteiger partial charge in [-0.3, -0.25) is 14.5 Å². The lowest BCUT2D eigenvalue weighted by molar-refractivity contribution is -0.123. The average Bonchev–Trinajstić information content (AvgIpc) is 3.11. The van der Waals surface area contributed by atoms with Crippen LogP contribution < -0.4 is 9.47 Å². The van der Waals surface area contributed by atoms with E-state index in [0.29, 0.717) is 44.1 Å². The standard InChI is InChI=1S/C27H23Br2NO4S/c1-3-33-21-13-20(23(28)24(29)25(21)34-16-19-7-5-4-6-8-19)14-22-26(31)30(27(32)35-22)15-18-11-9-17(2)10-12-18/h4-14H,3,15-16H2,1-2H3/b22-14-. The zero-order valence-electron chi connectivity index (χ0n) is 19.2. The van der Waals surface area contributed by atoms with E-state index in [1.54, 1.807) is 6.08 Å². The number of nitrogens with zero attached hydrogens (tertiary/aromatic N) is 1. The van der Waals surface area contributed by atoms with E-state index in [9.17, 15) is 9.59 Å². The molecule has 1 saturated heterocycles. The quantitative estimate of drug-likeness (QED) is 0.242. The van der Waals surface area contributed by atoms with Crippen LogP contribution in [0.2, 0.25) is 0 Å². The number of hydrogen-bond donors (Lipinski definition) is 0. The Hall–Kier alpha value is -2.55. The minimum absolute atomic E-state index is 0.240. The Bertz CT molecular complexity index is 1280. The van der Waals surface area contributed by atoms with Gasteiger partial charge in [0.05, 0.1) is 22.5 Å². The lowest BCUT2D eigenvalue weighted by Crippen LogP contribution is -2.27. The third kappa shape index (κ3) is 6.00. The Morgan fingerprint density at radius 3 is 2.34 bits per heavy atom. The van der Waals surface area contributed by atoms with E-state index in [0.717, 1.165) is 28.5 Å². The SMILES string of the molecule is CCOc1cc(/C=C2\SC(=O)N(Cc3ccc(C)cc3)C2=O)c(Br)c(Br)c1OCc1ccccc1. The van der Waals surface area contributed by atoms with E-state index in [1.807, 2.05) is 74.5 Å². The van der Waals surface area contributed by atoms with Gasteiger partial charge in [0.2, 0.25) is 0 Å². The summed E-state index contributed by atoms with van der Waals surface area (Å²) in [5.74, 6) is 0.793. The fraction of sp³-hybridized carbons (Fsp3) is 0.185. The fourth-order valence-corrected chi connectivity index (χ4v) is 5.27. The fourth-order valence-electron chi connectivity index (χ4n) is 3.49. The maximum atomic E-state index is 13.1. The maximum absolute atomic E-state index is 13.1. The van der Waals surface area contributed by atoms with Crippen LogP contribution in [0.1, 0.15) is 29.2 Å². The maximum Gasteiger partial charge on any atom is 0.293 e. The number of hydrogen-bond acceptors (Lipinski definition) is 5. The highest BCUT2D eigenvalue weighted by atomic mass is 79.9. The van der Waals surface area contributed by atoms with Gasteiger partial charge in [0, 0.05) is 4.47 Å². The second-order valence-electron chi connectivity index (χ2n) is 7.88. The molecule has 5 nitrogen and oxygen atoms in total. The molecule has 0 spiro atoms. The van der Waals surface area contributed by atoms with E-state index >= 15 is 0 Å². The van der Waals surface area contributed by atoms with Crippen LogP contribution in [-0.4, -0.2) is 22.7 Å². The predicted octanol–water partition coefficient (Wildman–Crippen LogP) is 7.73. The number of thioether (sulfide) groups is 1. The number of halogens is 2. The Morgan fingerprint density at radius 2 is 1.66 bits per heavy atom. The lowest BCUT2D eigenvalue weighted by Gasteiger charge is -2.17. The van der Waals surface area contributed by atoms with Crippen molar-refractivity contribution in [2.75, 3.05) is 6.61 Å². The van der Waals surface area contributed by atoms with Crippen molar-refractivity contribution < 1.29 is 19.1 Å². The van der Waals surface area contributed by atoms with Crippen LogP contribution in [0.25, 0.3) is 6.08 Å². The summed E-state index contributed by atoms with van der Waals surface area (Å²) >= 11 is 8.16. The topological polar surface area (TPSA) is 55.8 Å². The lowest BCUT2D eigenvalue weighted by atomic mass is 10.1. The number of benzene rings is 3. The van der Waals surface area contributed by atoms with Gasteiger partial charge in [-0.05, 0) is 86.3 Å². The average molecular weight is 617 g/mol. The molecular formula is C27H23Br2NO4S. The van der Waals surface area contributed by atoms with Gasteiger partial charge in [0.1, 0.15) is 6.61 Å². The van der Waals surface area contributed by atoms with E-state index in [1.165, 1.54) is 4.90 Å². The van der Waals surface area contributed by atoms with Gasteiger partial charge in [-0.25, -0.2) is 0 Å². The number of rotatable bonds is 8. The highest BCUT2D eigenvalue weighted by molar-refractivity contribution is 9.13. The minimum Gasteiger partial charge on any atom is -0.490 e. The van der Waals surface area contributed by atoms with Gasteiger partial charge in [0.25, 0.3) is 11.1 Å². The molecule has 1 aliphatic rings. The molecule has 35 heavy (non-hydrogen) atoms. The van der Waals surface area contributed by atoms with E-state index in [-0.39, 0.29) is 17.7 Å². The first kappa shape index (κ1) is 25.5. The number of amides is 2. The summed E-state index contributed by atoms with van der Waals surface area (Å²) in [6.45, 7) is 4.96. The summed E-state index contributed by atoms with van der Waals surface area (Å²) in [5.41, 5.74) is 3.76. The molecule has 1 heterocycles. The Balaban J connectivity index is 1.60. The molecule has 0 N–H and O–H groups in total. The monoisotopic (exact) mass is 615 g/mol. The molecule has 8 heteroatoms. The first-order valence-corrected chi connectivity index (χ1v) is 13.4. The molecule has 0 aromatic heterocycles. The number of imide groups is 1. The van der Waals surface area contributed by atoms with Gasteiger partial charge < -0.3 is 9.47 Å². The molecule has 1 aliphatic heterocycles. The van der Waals surface area contributed by atoms with Crippen molar-refractivity contribution in [2.24, 2.45) is 0 Å². The molecule has 0 aliphatic carbocycles. The van der Waals surface area contributed by atoms with Crippen molar-refractivity contribution in [3.63, 3.8) is 0 Å². The molecule has 0 atom stereocenters. The summed E-state index contributed by atoms with van der Waals surface area (Å²) in [5, 5.41) is -0.287. The minimum atomic E-state index is -0.314. The zero-order chi connectivity index (χ0) is 24.9. The molecular weight excluding hydrogens is 594 g/mol. The summed E-state index contributed by atoms with van der Waals surface area (Å²) < 4.78 is 13.3. The molecule has 180 valence electrons. The van der Waals surface area contributed by atoms with Crippen molar-refractivity contribution in [1.29, 1.82) is 0 Å². The normalized spacial score (nSPS) is 14.6. The van der Waals surface area contributed by atoms with Crippen molar-refractivity contribution in [3.8, 4) is 11.5 Å². The Labute approximate surface area is 225 Å². The van der Waals surface area contributed by atoms with Crippen LogP contribution >= 0.6 is 43.6 Å². The highest BCUT2D eigenvalue weighted by Gasteiger charge is 2.35. The van der Waals surface area contributed by atoms with Gasteiger partial charge in [-0.1, -0.05) is 60.2 Å². The van der Waals surface area contributed by atoms with Crippen LogP contribution in [0, 0.1) is 6.92 Å². The third-order valence-electron chi connectivity index (χ3n) is 5.30. The summed E-state index contributed by atoms with van der Waals surface area (Å²) in [6.07, 6.45) is 1.71. The first-order valence-electron chi connectivity index (χ1n) is 11.0. The van der Waals surface area contributed by atoms with Crippen LogP contribution in [0.4, 0.5) is 4.79 Å². The van der Waals surface area contributed by atoms with E-state index in [4.69, 9.17) is 9.47 Å². The first-order chi connectivity index (χ1) is 16.9. The van der Waals surface area contributed by atoms with Crippen LogP contribution in [-0.2, 0) is 17.9 Å². The van der Waals surface area contributed by atoms with Crippen molar-refractivity contribution >= 4 is 60.8 Å². The molecule has 3 aromatic rings.